The lowest BCUT2D eigenvalue weighted by atomic mass is 9.96. The summed E-state index contributed by atoms with van der Waals surface area (Å²) in [5.41, 5.74) is 2.02. The van der Waals surface area contributed by atoms with Crippen molar-refractivity contribution in [1.29, 1.82) is 0 Å². The molecule has 1 fully saturated rings. The Kier molecular flexibility index (Phi) is 5.10. The third-order valence-electron chi connectivity index (χ3n) is 5.35. The van der Waals surface area contributed by atoms with E-state index in [1.165, 1.54) is 0 Å². The maximum atomic E-state index is 11.8. The first kappa shape index (κ1) is 18.2. The van der Waals surface area contributed by atoms with Crippen LogP contribution in [0.5, 0.6) is 0 Å². The largest absolute Gasteiger partial charge is 0.478 e. The van der Waals surface area contributed by atoms with Gasteiger partial charge in [-0.15, -0.1) is 0 Å². The number of piperidine rings is 1. The third kappa shape index (κ3) is 3.50. The SMILES string of the molecule is CCn1ccnc1C1CCCN(c2nc(-c3ccccc3)ccc2C(=O)O)C1. The molecule has 3 aromatic rings. The van der Waals surface area contributed by atoms with Gasteiger partial charge in [0.15, 0.2) is 0 Å². The first-order chi connectivity index (χ1) is 13.7. The fourth-order valence-corrected chi connectivity index (χ4v) is 3.95. The molecular weight excluding hydrogens is 352 g/mol. The molecule has 1 unspecified atom stereocenters. The summed E-state index contributed by atoms with van der Waals surface area (Å²) < 4.78 is 2.17. The second kappa shape index (κ2) is 7.84. The number of rotatable bonds is 5. The smallest absolute Gasteiger partial charge is 0.339 e. The molecule has 1 N–H and O–H groups in total. The second-order valence-electron chi connectivity index (χ2n) is 7.10. The van der Waals surface area contributed by atoms with Crippen LogP contribution >= 0.6 is 0 Å². The highest BCUT2D eigenvalue weighted by atomic mass is 16.4. The van der Waals surface area contributed by atoms with Gasteiger partial charge in [0.1, 0.15) is 17.2 Å². The lowest BCUT2D eigenvalue weighted by Crippen LogP contribution is -2.37. The number of nitrogens with zero attached hydrogens (tertiary/aromatic N) is 4. The van der Waals surface area contributed by atoms with Crippen LogP contribution in [0, 0.1) is 0 Å². The van der Waals surface area contributed by atoms with Gasteiger partial charge in [0.05, 0.1) is 5.69 Å². The molecule has 28 heavy (non-hydrogen) atoms. The summed E-state index contributed by atoms with van der Waals surface area (Å²) >= 11 is 0. The number of hydrogen-bond donors (Lipinski definition) is 1. The number of aryl methyl sites for hydroxylation is 1. The van der Waals surface area contributed by atoms with Crippen LogP contribution in [0.3, 0.4) is 0 Å². The number of pyridine rings is 1. The van der Waals surface area contributed by atoms with E-state index >= 15 is 0 Å². The van der Waals surface area contributed by atoms with E-state index in [0.29, 0.717) is 5.82 Å². The topological polar surface area (TPSA) is 71.2 Å². The van der Waals surface area contributed by atoms with Gasteiger partial charge in [-0.25, -0.2) is 14.8 Å². The molecule has 1 saturated heterocycles. The van der Waals surface area contributed by atoms with Crippen molar-refractivity contribution in [1.82, 2.24) is 14.5 Å². The molecule has 144 valence electrons. The molecule has 2 aromatic heterocycles. The Morgan fingerprint density at radius 1 is 1.21 bits per heavy atom. The van der Waals surface area contributed by atoms with Gasteiger partial charge in [-0.1, -0.05) is 30.3 Å². The molecular formula is C22H24N4O2. The Labute approximate surface area is 164 Å². The zero-order valence-corrected chi connectivity index (χ0v) is 16.0. The molecule has 0 spiro atoms. The average molecular weight is 376 g/mol. The minimum Gasteiger partial charge on any atom is -0.478 e. The Balaban J connectivity index is 1.69. The first-order valence-corrected chi connectivity index (χ1v) is 9.73. The summed E-state index contributed by atoms with van der Waals surface area (Å²) in [5, 5.41) is 9.71. The summed E-state index contributed by atoms with van der Waals surface area (Å²) in [7, 11) is 0. The molecule has 0 bridgehead atoms. The number of aromatic nitrogens is 3. The van der Waals surface area contributed by atoms with Crippen LogP contribution in [0.4, 0.5) is 5.82 Å². The molecule has 1 aromatic carbocycles. The molecule has 6 nitrogen and oxygen atoms in total. The molecule has 3 heterocycles. The lowest BCUT2D eigenvalue weighted by Gasteiger charge is -2.34. The highest BCUT2D eigenvalue weighted by molar-refractivity contribution is 5.94. The minimum atomic E-state index is -0.945. The lowest BCUT2D eigenvalue weighted by molar-refractivity contribution is 0.0697. The van der Waals surface area contributed by atoms with Crippen LogP contribution < -0.4 is 4.90 Å². The maximum Gasteiger partial charge on any atom is 0.339 e. The van der Waals surface area contributed by atoms with Gasteiger partial charge in [-0.05, 0) is 31.9 Å². The van der Waals surface area contributed by atoms with E-state index in [1.807, 2.05) is 42.7 Å². The number of carboxylic acids is 1. The fraction of sp³-hybridized carbons (Fsp3) is 0.318. The highest BCUT2D eigenvalue weighted by Crippen LogP contribution is 2.31. The summed E-state index contributed by atoms with van der Waals surface area (Å²) in [4.78, 5) is 23.3. The predicted octanol–water partition coefficient (Wildman–Crippen LogP) is 4.05. The minimum absolute atomic E-state index is 0.249. The highest BCUT2D eigenvalue weighted by Gasteiger charge is 2.28. The van der Waals surface area contributed by atoms with E-state index in [-0.39, 0.29) is 11.5 Å². The van der Waals surface area contributed by atoms with E-state index in [4.69, 9.17) is 4.98 Å². The fourth-order valence-electron chi connectivity index (χ4n) is 3.95. The van der Waals surface area contributed by atoms with Gasteiger partial charge in [0, 0.05) is 43.5 Å². The van der Waals surface area contributed by atoms with Crippen molar-refractivity contribution in [3.63, 3.8) is 0 Å². The average Bonchev–Trinajstić information content (AvgIpc) is 3.23. The molecule has 4 rings (SSSR count). The van der Waals surface area contributed by atoms with Crippen molar-refractivity contribution >= 4 is 11.8 Å². The van der Waals surface area contributed by atoms with Gasteiger partial charge in [0.25, 0.3) is 0 Å². The van der Waals surface area contributed by atoms with Crippen molar-refractivity contribution in [3.8, 4) is 11.3 Å². The summed E-state index contributed by atoms with van der Waals surface area (Å²) in [6.45, 7) is 4.52. The van der Waals surface area contributed by atoms with Crippen LogP contribution in [-0.4, -0.2) is 38.7 Å². The molecule has 6 heteroatoms. The van der Waals surface area contributed by atoms with Gasteiger partial charge in [0.2, 0.25) is 0 Å². The third-order valence-corrected chi connectivity index (χ3v) is 5.35. The summed E-state index contributed by atoms with van der Waals surface area (Å²) in [6.07, 6.45) is 5.88. The van der Waals surface area contributed by atoms with Crippen LogP contribution in [0.1, 0.15) is 41.9 Å². The number of carboxylic acid groups (broad SMARTS) is 1. The molecule has 1 atom stereocenters. The Morgan fingerprint density at radius 3 is 2.79 bits per heavy atom. The quantitative estimate of drug-likeness (QED) is 0.727. The van der Waals surface area contributed by atoms with Gasteiger partial charge >= 0.3 is 5.97 Å². The van der Waals surface area contributed by atoms with Crippen LogP contribution in [-0.2, 0) is 6.54 Å². The van der Waals surface area contributed by atoms with Crippen LogP contribution in [0.25, 0.3) is 11.3 Å². The number of carbonyl (C=O) groups is 1. The van der Waals surface area contributed by atoms with Gasteiger partial charge in [-0.2, -0.15) is 0 Å². The Bertz CT molecular complexity index is 968. The Morgan fingerprint density at radius 2 is 2.04 bits per heavy atom. The number of anilines is 1. The van der Waals surface area contributed by atoms with Crippen molar-refractivity contribution in [2.45, 2.75) is 32.2 Å². The number of imidazole rings is 1. The maximum absolute atomic E-state index is 11.8. The van der Waals surface area contributed by atoms with Crippen molar-refractivity contribution in [2.24, 2.45) is 0 Å². The molecule has 0 aliphatic carbocycles. The van der Waals surface area contributed by atoms with Crippen LogP contribution in [0.2, 0.25) is 0 Å². The second-order valence-corrected chi connectivity index (χ2v) is 7.10. The molecule has 1 aliphatic rings. The van der Waals surface area contributed by atoms with Crippen molar-refractivity contribution in [3.05, 3.63) is 66.2 Å². The zero-order chi connectivity index (χ0) is 19.5. The monoisotopic (exact) mass is 376 g/mol. The van der Waals surface area contributed by atoms with E-state index in [0.717, 1.165) is 49.6 Å². The van der Waals surface area contributed by atoms with E-state index in [2.05, 4.69) is 21.4 Å². The van der Waals surface area contributed by atoms with E-state index in [9.17, 15) is 9.90 Å². The number of benzene rings is 1. The summed E-state index contributed by atoms with van der Waals surface area (Å²) in [5.74, 6) is 0.947. The van der Waals surface area contributed by atoms with E-state index < -0.39 is 5.97 Å². The molecule has 1 aliphatic heterocycles. The normalized spacial score (nSPS) is 16.9. The van der Waals surface area contributed by atoms with Crippen molar-refractivity contribution in [2.75, 3.05) is 18.0 Å². The molecule has 0 saturated carbocycles. The number of hydrogen-bond acceptors (Lipinski definition) is 4. The van der Waals surface area contributed by atoms with Crippen molar-refractivity contribution < 1.29 is 9.90 Å². The van der Waals surface area contributed by atoms with Crippen LogP contribution in [0.15, 0.2) is 54.9 Å². The standard InChI is InChI=1S/C22H24N4O2/c1-2-25-14-12-23-20(25)17-9-6-13-26(15-17)21-18(22(27)28)10-11-19(24-21)16-7-4-3-5-8-16/h3-5,7-8,10-12,14,17H,2,6,9,13,15H2,1H3,(H,27,28). The molecule has 0 amide bonds. The summed E-state index contributed by atoms with van der Waals surface area (Å²) in [6, 6.07) is 13.3. The zero-order valence-electron chi connectivity index (χ0n) is 16.0. The molecule has 0 radical (unpaired) electrons. The van der Waals surface area contributed by atoms with Gasteiger partial charge in [-0.3, -0.25) is 0 Å². The first-order valence-electron chi connectivity index (χ1n) is 9.73. The number of aromatic carboxylic acids is 1. The Hall–Kier alpha value is -3.15. The van der Waals surface area contributed by atoms with E-state index in [1.54, 1.807) is 12.1 Å². The predicted molar refractivity (Wildman–Crippen MR) is 109 cm³/mol. The van der Waals surface area contributed by atoms with Gasteiger partial charge < -0.3 is 14.6 Å².